The highest BCUT2D eigenvalue weighted by molar-refractivity contribution is 5.62. The molecule has 5 rings (SSSR count). The van der Waals surface area contributed by atoms with E-state index in [1.807, 2.05) is 6.20 Å². The Morgan fingerprint density at radius 3 is 2.32 bits per heavy atom. The highest BCUT2D eigenvalue weighted by Gasteiger charge is 2.50. The second-order valence-electron chi connectivity index (χ2n) is 9.69. The minimum absolute atomic E-state index is 0.0260. The van der Waals surface area contributed by atoms with Gasteiger partial charge in [-0.3, -0.25) is 4.90 Å². The molecule has 0 unspecified atom stereocenters. The van der Waals surface area contributed by atoms with Crippen LogP contribution in [0.1, 0.15) is 24.0 Å². The zero-order chi connectivity index (χ0) is 23.9. The molecule has 3 heterocycles. The molecule has 1 aromatic carbocycles. The lowest BCUT2D eigenvalue weighted by atomic mass is 9.87. The van der Waals surface area contributed by atoms with Crippen LogP contribution in [-0.4, -0.2) is 81.9 Å². The summed E-state index contributed by atoms with van der Waals surface area (Å²) in [6.45, 7) is 7.17. The van der Waals surface area contributed by atoms with E-state index < -0.39 is 11.6 Å². The number of ether oxygens (including phenoxy) is 2. The Balaban J connectivity index is 1.33. The number of fused-ring (bicyclic) bond motifs is 2. The summed E-state index contributed by atoms with van der Waals surface area (Å²) in [5.74, 6) is -0.581. The van der Waals surface area contributed by atoms with E-state index in [0.717, 1.165) is 63.5 Å². The molecule has 1 aromatic heterocycles. The first-order valence-corrected chi connectivity index (χ1v) is 11.9. The third-order valence-corrected chi connectivity index (χ3v) is 7.46. The molecule has 34 heavy (non-hydrogen) atoms. The van der Waals surface area contributed by atoms with Gasteiger partial charge in [0.1, 0.15) is 11.5 Å². The van der Waals surface area contributed by atoms with Gasteiger partial charge in [-0.15, -0.1) is 0 Å². The number of anilines is 2. The monoisotopic (exact) mass is 473 g/mol. The number of nitrogens with zero attached hydrogens (tertiary/aromatic N) is 4. The molecule has 7 nitrogen and oxygen atoms in total. The van der Waals surface area contributed by atoms with Gasteiger partial charge in [0.25, 0.3) is 0 Å². The van der Waals surface area contributed by atoms with E-state index in [2.05, 4.69) is 33.2 Å². The van der Waals surface area contributed by atoms with E-state index in [0.29, 0.717) is 13.1 Å². The van der Waals surface area contributed by atoms with Crippen molar-refractivity contribution in [1.29, 1.82) is 0 Å². The fourth-order valence-electron chi connectivity index (χ4n) is 5.21. The van der Waals surface area contributed by atoms with Gasteiger partial charge in [-0.05, 0) is 37.1 Å². The number of halogens is 2. The predicted octanol–water partition coefficient (Wildman–Crippen LogP) is 3.09. The van der Waals surface area contributed by atoms with E-state index in [4.69, 9.17) is 9.47 Å². The van der Waals surface area contributed by atoms with Crippen molar-refractivity contribution >= 4 is 11.5 Å². The molecule has 0 amide bonds. The molecule has 0 bridgehead atoms. The Bertz CT molecular complexity index is 1030. The van der Waals surface area contributed by atoms with Crippen molar-refractivity contribution in [1.82, 2.24) is 14.8 Å². The lowest BCUT2D eigenvalue weighted by Gasteiger charge is -2.37. The Morgan fingerprint density at radius 1 is 1.03 bits per heavy atom. The van der Waals surface area contributed by atoms with E-state index in [-0.39, 0.29) is 22.6 Å². The summed E-state index contributed by atoms with van der Waals surface area (Å²) >= 11 is 0. The lowest BCUT2D eigenvalue weighted by Crippen LogP contribution is -2.45. The maximum atomic E-state index is 15.2. The van der Waals surface area contributed by atoms with Gasteiger partial charge in [0.2, 0.25) is 0 Å². The smallest absolute Gasteiger partial charge is 0.191 e. The van der Waals surface area contributed by atoms with Gasteiger partial charge >= 0.3 is 0 Å². The topological polar surface area (TPSA) is 53.1 Å². The quantitative estimate of drug-likeness (QED) is 0.663. The minimum atomic E-state index is -0.699. The van der Waals surface area contributed by atoms with E-state index in [9.17, 15) is 0 Å². The van der Waals surface area contributed by atoms with Gasteiger partial charge in [0.15, 0.2) is 23.1 Å². The summed E-state index contributed by atoms with van der Waals surface area (Å²) in [6.07, 6.45) is 3.84. The number of piperazine rings is 1. The minimum Gasteiger partial charge on any atom is -0.493 e. The number of nitrogens with one attached hydrogen (secondary N) is 1. The van der Waals surface area contributed by atoms with Crippen LogP contribution in [0, 0.1) is 11.6 Å². The standard InChI is InChI=1S/C25H33F2N5O2/c1-30-8-10-31(11-9-30)7-6-28-21-12-18-17(14-29-21)15-32(16-25(18)4-5-25)24-22(26)19(33-2)13-20(34-3)23(24)27/h12-14H,4-11,15-16H2,1-3H3,(H,28,29). The van der Waals surface area contributed by atoms with Crippen LogP contribution in [0.5, 0.6) is 11.5 Å². The number of hydrogen-bond acceptors (Lipinski definition) is 7. The molecular weight excluding hydrogens is 440 g/mol. The van der Waals surface area contributed by atoms with Crippen molar-refractivity contribution in [2.24, 2.45) is 0 Å². The van der Waals surface area contributed by atoms with Crippen molar-refractivity contribution in [2.75, 3.05) is 77.3 Å². The summed E-state index contributed by atoms with van der Waals surface area (Å²) in [6, 6.07) is 3.39. The van der Waals surface area contributed by atoms with Gasteiger partial charge in [-0.1, -0.05) is 0 Å². The zero-order valence-corrected chi connectivity index (χ0v) is 20.2. The number of benzene rings is 1. The molecule has 3 aliphatic rings. The van der Waals surface area contributed by atoms with Crippen LogP contribution in [0.15, 0.2) is 18.3 Å². The van der Waals surface area contributed by atoms with Crippen LogP contribution >= 0.6 is 0 Å². The van der Waals surface area contributed by atoms with Crippen LogP contribution in [0.4, 0.5) is 20.3 Å². The Labute approximate surface area is 199 Å². The lowest BCUT2D eigenvalue weighted by molar-refractivity contribution is 0.158. The summed E-state index contributed by atoms with van der Waals surface area (Å²) in [5, 5.41) is 3.48. The second-order valence-corrected chi connectivity index (χ2v) is 9.69. The van der Waals surface area contributed by atoms with Gasteiger partial charge in [0.05, 0.1) is 14.2 Å². The zero-order valence-electron chi connectivity index (χ0n) is 20.2. The van der Waals surface area contributed by atoms with Crippen molar-refractivity contribution in [2.45, 2.75) is 24.8 Å². The number of pyridine rings is 1. The maximum Gasteiger partial charge on any atom is 0.191 e. The predicted molar refractivity (Wildman–Crippen MR) is 128 cm³/mol. The summed E-state index contributed by atoms with van der Waals surface area (Å²) in [5.41, 5.74) is 2.06. The fraction of sp³-hybridized carbons (Fsp3) is 0.560. The van der Waals surface area contributed by atoms with E-state index >= 15 is 8.78 Å². The van der Waals surface area contributed by atoms with Gasteiger partial charge < -0.3 is 24.6 Å². The normalized spacial score (nSPS) is 19.7. The van der Waals surface area contributed by atoms with E-state index in [1.54, 1.807) is 4.90 Å². The Morgan fingerprint density at radius 2 is 1.71 bits per heavy atom. The molecule has 0 radical (unpaired) electrons. The molecule has 184 valence electrons. The second kappa shape index (κ2) is 9.19. The first-order chi connectivity index (χ1) is 16.4. The van der Waals surface area contributed by atoms with Gasteiger partial charge in [0, 0.05) is 70.0 Å². The molecule has 1 spiro atoms. The van der Waals surface area contributed by atoms with Gasteiger partial charge in [-0.2, -0.15) is 0 Å². The van der Waals surface area contributed by atoms with Crippen molar-refractivity contribution in [3.63, 3.8) is 0 Å². The van der Waals surface area contributed by atoms with Crippen LogP contribution in [0.25, 0.3) is 0 Å². The summed E-state index contributed by atoms with van der Waals surface area (Å²) in [4.78, 5) is 11.2. The third kappa shape index (κ3) is 4.27. The number of rotatable bonds is 7. The maximum absolute atomic E-state index is 15.2. The molecule has 2 fully saturated rings. The molecule has 2 aliphatic heterocycles. The first kappa shape index (κ1) is 23.1. The van der Waals surface area contributed by atoms with Crippen LogP contribution < -0.4 is 19.7 Å². The number of methoxy groups -OCH3 is 2. The summed E-state index contributed by atoms with van der Waals surface area (Å²) < 4.78 is 40.6. The van der Waals surface area contributed by atoms with Crippen LogP contribution in [0.2, 0.25) is 0 Å². The van der Waals surface area contributed by atoms with Crippen molar-refractivity contribution in [3.05, 3.63) is 41.1 Å². The number of likely N-dealkylation sites (N-methyl/N-ethyl adjacent to an activating group) is 1. The third-order valence-electron chi connectivity index (χ3n) is 7.46. The highest BCUT2D eigenvalue weighted by atomic mass is 19.1. The number of aromatic nitrogens is 1. The fourth-order valence-corrected chi connectivity index (χ4v) is 5.21. The molecule has 0 atom stereocenters. The summed E-state index contributed by atoms with van der Waals surface area (Å²) in [7, 11) is 4.90. The van der Waals surface area contributed by atoms with E-state index in [1.165, 1.54) is 25.8 Å². The highest BCUT2D eigenvalue weighted by Crippen LogP contribution is 2.54. The molecule has 1 saturated heterocycles. The molecular formula is C25H33F2N5O2. The van der Waals surface area contributed by atoms with Crippen molar-refractivity contribution in [3.8, 4) is 11.5 Å². The molecule has 1 N–H and O–H groups in total. The average molecular weight is 474 g/mol. The molecule has 1 aliphatic carbocycles. The van der Waals surface area contributed by atoms with Crippen LogP contribution in [0.3, 0.4) is 0 Å². The molecule has 2 aromatic rings. The average Bonchev–Trinajstić information content (AvgIpc) is 3.61. The van der Waals surface area contributed by atoms with Gasteiger partial charge in [-0.25, -0.2) is 13.8 Å². The Hall–Kier alpha value is -2.65. The SMILES string of the molecule is COc1cc(OC)c(F)c(N2Cc3cnc(NCCN4CCN(C)CC4)cc3C3(CC3)C2)c1F. The number of hydrogen-bond donors (Lipinski definition) is 1. The van der Waals surface area contributed by atoms with Crippen molar-refractivity contribution < 1.29 is 18.3 Å². The Kier molecular flexibility index (Phi) is 6.24. The van der Waals surface area contributed by atoms with Crippen LogP contribution in [-0.2, 0) is 12.0 Å². The molecule has 9 heteroatoms. The molecule has 1 saturated carbocycles. The largest absolute Gasteiger partial charge is 0.493 e. The first-order valence-electron chi connectivity index (χ1n) is 11.9.